The van der Waals surface area contributed by atoms with Crippen LogP contribution in [0.25, 0.3) is 0 Å². The van der Waals surface area contributed by atoms with Gasteiger partial charge in [0.2, 0.25) is 0 Å². The van der Waals surface area contributed by atoms with Crippen molar-refractivity contribution in [3.8, 4) is 0 Å². The molecule has 138 valence electrons. The second kappa shape index (κ2) is 10.2. The number of Topliss-reactive ketones (excluding diaryl/α,β-unsaturated/α-hetero) is 1. The van der Waals surface area contributed by atoms with Gasteiger partial charge in [-0.15, -0.1) is 0 Å². The summed E-state index contributed by atoms with van der Waals surface area (Å²) < 4.78 is 5.32. The van der Waals surface area contributed by atoms with Gasteiger partial charge in [-0.1, -0.05) is 52.4 Å². The van der Waals surface area contributed by atoms with E-state index in [9.17, 15) is 9.59 Å². The predicted molar refractivity (Wildman–Crippen MR) is 96.7 cm³/mol. The Kier molecular flexibility index (Phi) is 8.28. The van der Waals surface area contributed by atoms with Crippen LogP contribution in [-0.2, 0) is 14.3 Å². The summed E-state index contributed by atoms with van der Waals surface area (Å²) in [5.41, 5.74) is 0. The van der Waals surface area contributed by atoms with E-state index >= 15 is 0 Å². The molecule has 0 aromatic heterocycles. The molecule has 0 aromatic carbocycles. The fraction of sp³-hybridized carbons (Fsp3) is 0.905. The zero-order chi connectivity index (χ0) is 17.4. The van der Waals surface area contributed by atoms with Crippen LogP contribution < -0.4 is 0 Å². The van der Waals surface area contributed by atoms with E-state index in [-0.39, 0.29) is 11.8 Å². The van der Waals surface area contributed by atoms with Gasteiger partial charge in [-0.25, -0.2) is 0 Å². The van der Waals surface area contributed by atoms with E-state index < -0.39 is 5.92 Å². The highest BCUT2D eigenvalue weighted by molar-refractivity contribution is 5.99. The van der Waals surface area contributed by atoms with E-state index in [0.717, 1.165) is 31.6 Å². The van der Waals surface area contributed by atoms with Crippen molar-refractivity contribution in [1.29, 1.82) is 0 Å². The van der Waals surface area contributed by atoms with Gasteiger partial charge < -0.3 is 4.74 Å². The van der Waals surface area contributed by atoms with E-state index in [0.29, 0.717) is 31.3 Å². The lowest BCUT2D eigenvalue weighted by atomic mass is 9.68. The van der Waals surface area contributed by atoms with Gasteiger partial charge in [-0.2, -0.15) is 0 Å². The van der Waals surface area contributed by atoms with Gasteiger partial charge in [-0.05, 0) is 49.9 Å². The quantitative estimate of drug-likeness (QED) is 0.343. The molecule has 0 spiro atoms. The SMILES string of the molecule is CCCCCOC(=O)[C@@H]1CC[C@@H](C2CCC(CCC)CC2)CC1=O. The van der Waals surface area contributed by atoms with Crippen LogP contribution in [0.3, 0.4) is 0 Å². The van der Waals surface area contributed by atoms with E-state index in [1.165, 1.54) is 38.5 Å². The van der Waals surface area contributed by atoms with Crippen molar-refractivity contribution < 1.29 is 14.3 Å². The van der Waals surface area contributed by atoms with Gasteiger partial charge >= 0.3 is 5.97 Å². The number of rotatable bonds is 8. The number of ketones is 1. The number of carbonyl (C=O) groups is 2. The fourth-order valence-corrected chi connectivity index (χ4v) is 4.68. The third kappa shape index (κ3) is 5.60. The minimum Gasteiger partial charge on any atom is -0.465 e. The van der Waals surface area contributed by atoms with Crippen LogP contribution in [0.2, 0.25) is 0 Å². The minimum atomic E-state index is -0.473. The maximum Gasteiger partial charge on any atom is 0.316 e. The van der Waals surface area contributed by atoms with Crippen molar-refractivity contribution in [3.05, 3.63) is 0 Å². The first-order valence-corrected chi connectivity index (χ1v) is 10.3. The highest BCUT2D eigenvalue weighted by atomic mass is 16.5. The average molecular weight is 337 g/mol. The molecule has 0 aliphatic heterocycles. The molecule has 2 atom stereocenters. The summed E-state index contributed by atoms with van der Waals surface area (Å²) in [4.78, 5) is 24.6. The molecular formula is C21H36O3. The Hall–Kier alpha value is -0.860. The molecule has 0 unspecified atom stereocenters. The van der Waals surface area contributed by atoms with Gasteiger partial charge in [0.05, 0.1) is 6.61 Å². The van der Waals surface area contributed by atoms with Crippen molar-refractivity contribution in [2.45, 2.75) is 90.9 Å². The molecule has 0 heterocycles. The van der Waals surface area contributed by atoms with Crippen molar-refractivity contribution >= 4 is 11.8 Å². The van der Waals surface area contributed by atoms with Gasteiger partial charge in [0, 0.05) is 6.42 Å². The number of esters is 1. The Labute approximate surface area is 147 Å². The Morgan fingerprint density at radius 3 is 2.29 bits per heavy atom. The molecule has 2 aliphatic rings. The van der Waals surface area contributed by atoms with Gasteiger partial charge in [-0.3, -0.25) is 9.59 Å². The smallest absolute Gasteiger partial charge is 0.316 e. The fourth-order valence-electron chi connectivity index (χ4n) is 4.68. The highest BCUT2D eigenvalue weighted by Gasteiger charge is 2.38. The molecular weight excluding hydrogens is 300 g/mol. The van der Waals surface area contributed by atoms with Crippen molar-refractivity contribution in [1.82, 2.24) is 0 Å². The highest BCUT2D eigenvalue weighted by Crippen LogP contribution is 2.41. The number of hydrogen-bond donors (Lipinski definition) is 0. The first-order valence-electron chi connectivity index (χ1n) is 10.3. The van der Waals surface area contributed by atoms with Crippen molar-refractivity contribution in [2.24, 2.45) is 23.7 Å². The summed E-state index contributed by atoms with van der Waals surface area (Å²) in [6.07, 6.45) is 13.4. The number of ether oxygens (including phenoxy) is 1. The Bertz CT molecular complexity index is 396. The zero-order valence-corrected chi connectivity index (χ0v) is 15.7. The summed E-state index contributed by atoms with van der Waals surface area (Å²) in [5, 5.41) is 0. The van der Waals surface area contributed by atoms with E-state index in [4.69, 9.17) is 4.74 Å². The lowest BCUT2D eigenvalue weighted by molar-refractivity contribution is -0.154. The Morgan fingerprint density at radius 1 is 0.958 bits per heavy atom. The van der Waals surface area contributed by atoms with Crippen LogP contribution in [0.1, 0.15) is 90.9 Å². The molecule has 2 rings (SSSR count). The maximum atomic E-state index is 12.4. The Balaban J connectivity index is 1.72. The second-order valence-electron chi connectivity index (χ2n) is 8.00. The maximum absolute atomic E-state index is 12.4. The van der Waals surface area contributed by atoms with Gasteiger partial charge in [0.1, 0.15) is 11.7 Å². The van der Waals surface area contributed by atoms with Crippen LogP contribution >= 0.6 is 0 Å². The first-order chi connectivity index (χ1) is 11.7. The molecule has 0 aromatic rings. The normalized spacial score (nSPS) is 31.0. The summed E-state index contributed by atoms with van der Waals surface area (Å²) in [6.45, 7) is 4.87. The summed E-state index contributed by atoms with van der Waals surface area (Å²) in [5.74, 6) is 1.55. The molecule has 24 heavy (non-hydrogen) atoms. The molecule has 0 radical (unpaired) electrons. The second-order valence-corrected chi connectivity index (χ2v) is 8.00. The molecule has 0 N–H and O–H groups in total. The minimum absolute atomic E-state index is 0.141. The third-order valence-corrected chi connectivity index (χ3v) is 6.21. The number of carbonyl (C=O) groups excluding carboxylic acids is 2. The first kappa shape index (κ1) is 19.5. The molecule has 2 fully saturated rings. The molecule has 0 saturated heterocycles. The van der Waals surface area contributed by atoms with Crippen LogP contribution in [0.5, 0.6) is 0 Å². The van der Waals surface area contributed by atoms with Crippen LogP contribution in [-0.4, -0.2) is 18.4 Å². The average Bonchev–Trinajstić information content (AvgIpc) is 2.59. The van der Waals surface area contributed by atoms with E-state index in [2.05, 4.69) is 13.8 Å². The third-order valence-electron chi connectivity index (χ3n) is 6.21. The molecule has 0 amide bonds. The zero-order valence-electron chi connectivity index (χ0n) is 15.7. The number of unbranched alkanes of at least 4 members (excludes halogenated alkanes) is 2. The predicted octanol–water partition coefficient (Wildman–Crippen LogP) is 5.31. The van der Waals surface area contributed by atoms with Crippen LogP contribution in [0, 0.1) is 23.7 Å². The van der Waals surface area contributed by atoms with Gasteiger partial charge in [0.15, 0.2) is 0 Å². The van der Waals surface area contributed by atoms with Gasteiger partial charge in [0.25, 0.3) is 0 Å². The lowest BCUT2D eigenvalue weighted by Gasteiger charge is -2.36. The summed E-state index contributed by atoms with van der Waals surface area (Å²) >= 11 is 0. The monoisotopic (exact) mass is 336 g/mol. The molecule has 2 saturated carbocycles. The molecule has 3 nitrogen and oxygen atoms in total. The molecule has 3 heteroatoms. The van der Waals surface area contributed by atoms with Crippen molar-refractivity contribution in [3.63, 3.8) is 0 Å². The topological polar surface area (TPSA) is 43.4 Å². The standard InChI is InChI=1S/C21H36O3/c1-3-5-6-14-24-21(23)19-13-12-18(15-20(19)22)17-10-8-16(7-4-2)9-11-17/h16-19H,3-15H2,1-2H3/t16?,17?,18-,19-/m1/s1. The lowest BCUT2D eigenvalue weighted by Crippen LogP contribution is -2.35. The van der Waals surface area contributed by atoms with Crippen LogP contribution in [0.15, 0.2) is 0 Å². The largest absolute Gasteiger partial charge is 0.465 e. The summed E-state index contributed by atoms with van der Waals surface area (Å²) in [7, 11) is 0. The molecule has 2 aliphatic carbocycles. The summed E-state index contributed by atoms with van der Waals surface area (Å²) in [6, 6.07) is 0. The molecule has 0 bridgehead atoms. The van der Waals surface area contributed by atoms with Crippen molar-refractivity contribution in [2.75, 3.05) is 6.61 Å². The Morgan fingerprint density at radius 2 is 1.67 bits per heavy atom. The van der Waals surface area contributed by atoms with E-state index in [1.54, 1.807) is 0 Å². The van der Waals surface area contributed by atoms with Crippen LogP contribution in [0.4, 0.5) is 0 Å². The number of hydrogen-bond acceptors (Lipinski definition) is 3. The van der Waals surface area contributed by atoms with E-state index in [1.807, 2.05) is 0 Å².